The summed E-state index contributed by atoms with van der Waals surface area (Å²) in [5.41, 5.74) is 0.0927. The molecule has 0 aliphatic heterocycles. The second-order valence-electron chi connectivity index (χ2n) is 3.03. The Morgan fingerprint density at radius 2 is 2.19 bits per heavy atom. The Bertz CT molecular complexity index is 452. The van der Waals surface area contributed by atoms with Gasteiger partial charge in [0.2, 0.25) is 0 Å². The predicted molar refractivity (Wildman–Crippen MR) is 48.8 cm³/mol. The topological polar surface area (TPSA) is 75.8 Å². The smallest absolute Gasteiger partial charge is 0.543 e. The summed E-state index contributed by atoms with van der Waals surface area (Å²) in [5, 5.41) is 14.6. The van der Waals surface area contributed by atoms with Gasteiger partial charge in [-0.2, -0.15) is 5.10 Å². The van der Waals surface area contributed by atoms with Crippen molar-refractivity contribution >= 4 is 5.97 Å². The summed E-state index contributed by atoms with van der Waals surface area (Å²) in [4.78, 5) is 14.5. The van der Waals surface area contributed by atoms with Gasteiger partial charge >= 0.3 is 29.6 Å². The maximum Gasteiger partial charge on any atom is 1.00 e. The largest absolute Gasteiger partial charge is 1.00 e. The minimum atomic E-state index is -1.21. The Hall–Kier alpha value is -1.11. The minimum absolute atomic E-state index is 0. The van der Waals surface area contributed by atoms with Crippen LogP contribution in [0.3, 0.4) is 0 Å². The molecule has 2 rings (SSSR count). The zero-order chi connectivity index (χ0) is 10.7. The molecule has 0 bridgehead atoms. The van der Waals surface area contributed by atoms with Gasteiger partial charge in [0.05, 0.1) is 24.5 Å². The fourth-order valence-corrected chi connectivity index (χ4v) is 1.31. The van der Waals surface area contributed by atoms with Crippen LogP contribution >= 0.6 is 0 Å². The van der Waals surface area contributed by atoms with Crippen LogP contribution in [0.25, 0.3) is 0 Å². The van der Waals surface area contributed by atoms with Gasteiger partial charge in [0.15, 0.2) is 0 Å². The molecule has 0 fully saturated rings. The number of carbonyl (C=O) groups excluding carboxylic acids is 1. The summed E-state index contributed by atoms with van der Waals surface area (Å²) >= 11 is 0. The second-order valence-corrected chi connectivity index (χ2v) is 3.03. The molecule has 78 valence electrons. The number of carboxylic acid groups (broad SMARTS) is 1. The number of aromatic nitrogens is 4. The van der Waals surface area contributed by atoms with Crippen LogP contribution in [-0.4, -0.2) is 25.3 Å². The molecule has 0 aliphatic carbocycles. The molecule has 0 saturated carbocycles. The first-order valence-corrected chi connectivity index (χ1v) is 4.46. The SMILES string of the molecule is O=C([O-])c1ccnn1CCn1ccnc1.[Na+]. The fourth-order valence-electron chi connectivity index (χ4n) is 1.31. The van der Waals surface area contributed by atoms with Gasteiger partial charge in [-0.3, -0.25) is 4.68 Å². The number of rotatable bonds is 4. The zero-order valence-electron chi connectivity index (χ0n) is 8.91. The Morgan fingerprint density at radius 1 is 1.38 bits per heavy atom. The van der Waals surface area contributed by atoms with Crippen molar-refractivity contribution < 1.29 is 39.5 Å². The molecule has 0 spiro atoms. The molecule has 16 heavy (non-hydrogen) atoms. The molecule has 0 radical (unpaired) electrons. The summed E-state index contributed by atoms with van der Waals surface area (Å²) in [7, 11) is 0. The van der Waals surface area contributed by atoms with Crippen LogP contribution < -0.4 is 34.7 Å². The van der Waals surface area contributed by atoms with Gasteiger partial charge in [-0.25, -0.2) is 4.98 Å². The quantitative estimate of drug-likeness (QED) is 0.502. The van der Waals surface area contributed by atoms with E-state index in [0.29, 0.717) is 13.1 Å². The number of hydrogen-bond donors (Lipinski definition) is 0. The van der Waals surface area contributed by atoms with Crippen molar-refractivity contribution in [2.24, 2.45) is 0 Å². The van der Waals surface area contributed by atoms with Crippen molar-refractivity contribution in [1.29, 1.82) is 0 Å². The maximum absolute atomic E-state index is 10.7. The standard InChI is InChI=1S/C9H10N4O2.Na/c14-9(15)8-1-2-11-13(8)6-5-12-4-3-10-7-12;/h1-4,7H,5-6H2,(H,14,15);/q;+1/p-1. The predicted octanol–water partition coefficient (Wildman–Crippen LogP) is -3.85. The van der Waals surface area contributed by atoms with Gasteiger partial charge < -0.3 is 14.5 Å². The maximum atomic E-state index is 10.7. The third kappa shape index (κ3) is 2.94. The summed E-state index contributed by atoms with van der Waals surface area (Å²) in [6.07, 6.45) is 6.59. The summed E-state index contributed by atoms with van der Waals surface area (Å²) in [6, 6.07) is 1.42. The van der Waals surface area contributed by atoms with E-state index in [1.54, 1.807) is 12.5 Å². The van der Waals surface area contributed by atoms with E-state index in [0.717, 1.165) is 0 Å². The monoisotopic (exact) mass is 228 g/mol. The Labute approximate surface area is 114 Å². The van der Waals surface area contributed by atoms with Crippen molar-refractivity contribution in [1.82, 2.24) is 19.3 Å². The summed E-state index contributed by atoms with van der Waals surface area (Å²) in [6.45, 7) is 1.11. The molecule has 0 aliphatic rings. The third-order valence-corrected chi connectivity index (χ3v) is 2.05. The summed E-state index contributed by atoms with van der Waals surface area (Å²) in [5.74, 6) is -1.21. The molecule has 6 nitrogen and oxygen atoms in total. The molecular weight excluding hydrogens is 219 g/mol. The molecular formula is C9H9N4NaO2. The first-order valence-electron chi connectivity index (χ1n) is 4.46. The molecule has 2 heterocycles. The summed E-state index contributed by atoms with van der Waals surface area (Å²) < 4.78 is 3.25. The molecule has 0 saturated heterocycles. The Balaban J connectivity index is 0.00000128. The first kappa shape index (κ1) is 13.0. The van der Waals surface area contributed by atoms with E-state index in [1.807, 2.05) is 10.8 Å². The normalized spacial score (nSPS) is 9.75. The van der Waals surface area contributed by atoms with Crippen LogP contribution in [0.4, 0.5) is 0 Å². The molecule has 7 heteroatoms. The van der Waals surface area contributed by atoms with Crippen LogP contribution in [0.15, 0.2) is 31.0 Å². The Kier molecular flexibility index (Phi) is 4.72. The van der Waals surface area contributed by atoms with E-state index in [9.17, 15) is 9.90 Å². The van der Waals surface area contributed by atoms with Crippen LogP contribution in [-0.2, 0) is 13.1 Å². The minimum Gasteiger partial charge on any atom is -0.543 e. The molecule has 2 aromatic heterocycles. The number of carboxylic acids is 1. The van der Waals surface area contributed by atoms with E-state index in [2.05, 4.69) is 10.1 Å². The molecule has 0 N–H and O–H groups in total. The van der Waals surface area contributed by atoms with Gasteiger partial charge in [-0.05, 0) is 6.07 Å². The van der Waals surface area contributed by atoms with Crippen molar-refractivity contribution in [3.63, 3.8) is 0 Å². The van der Waals surface area contributed by atoms with Gasteiger partial charge in [0.25, 0.3) is 0 Å². The van der Waals surface area contributed by atoms with Crippen molar-refractivity contribution in [2.75, 3.05) is 0 Å². The fraction of sp³-hybridized carbons (Fsp3) is 0.222. The van der Waals surface area contributed by atoms with Crippen LogP contribution in [0, 0.1) is 0 Å². The van der Waals surface area contributed by atoms with Crippen LogP contribution in [0.5, 0.6) is 0 Å². The van der Waals surface area contributed by atoms with Crippen molar-refractivity contribution in [2.45, 2.75) is 13.1 Å². The van der Waals surface area contributed by atoms with Crippen molar-refractivity contribution in [3.05, 3.63) is 36.7 Å². The number of carbonyl (C=O) groups is 1. The van der Waals surface area contributed by atoms with E-state index < -0.39 is 5.97 Å². The molecule has 2 aromatic rings. The van der Waals surface area contributed by atoms with Gasteiger partial charge in [0, 0.05) is 25.1 Å². The van der Waals surface area contributed by atoms with Crippen LogP contribution in [0.2, 0.25) is 0 Å². The number of nitrogens with zero attached hydrogens (tertiary/aromatic N) is 4. The average Bonchev–Trinajstić information content (AvgIpc) is 2.86. The molecule has 0 unspecified atom stereocenters. The number of hydrogen-bond acceptors (Lipinski definition) is 4. The number of imidazole rings is 1. The third-order valence-electron chi connectivity index (χ3n) is 2.05. The molecule has 0 aromatic carbocycles. The van der Waals surface area contributed by atoms with Gasteiger partial charge in [-0.1, -0.05) is 0 Å². The molecule has 0 atom stereocenters. The van der Waals surface area contributed by atoms with E-state index in [-0.39, 0.29) is 35.3 Å². The van der Waals surface area contributed by atoms with E-state index in [4.69, 9.17) is 0 Å². The number of aryl methyl sites for hydroxylation is 2. The van der Waals surface area contributed by atoms with Crippen molar-refractivity contribution in [3.8, 4) is 0 Å². The Morgan fingerprint density at radius 3 is 2.81 bits per heavy atom. The average molecular weight is 228 g/mol. The first-order chi connectivity index (χ1) is 7.27. The van der Waals surface area contributed by atoms with E-state index >= 15 is 0 Å². The molecule has 0 amide bonds. The zero-order valence-corrected chi connectivity index (χ0v) is 10.9. The number of aromatic carboxylic acids is 1. The van der Waals surface area contributed by atoms with E-state index in [1.165, 1.54) is 16.9 Å². The van der Waals surface area contributed by atoms with Gasteiger partial charge in [-0.15, -0.1) is 0 Å². The van der Waals surface area contributed by atoms with Crippen LogP contribution in [0.1, 0.15) is 10.5 Å². The second kappa shape index (κ2) is 5.83. The van der Waals surface area contributed by atoms with Gasteiger partial charge in [0.1, 0.15) is 0 Å².